The van der Waals surface area contributed by atoms with Gasteiger partial charge in [-0.25, -0.2) is 0 Å². The van der Waals surface area contributed by atoms with Crippen LogP contribution in [-0.2, 0) is 28.4 Å². The second-order valence-electron chi connectivity index (χ2n) is 30.8. The zero-order valence-corrected chi connectivity index (χ0v) is 56.8. The van der Waals surface area contributed by atoms with Crippen LogP contribution in [0.25, 0.3) is 0 Å². The topological polar surface area (TPSA) is 78.1 Å². The Kier molecular flexibility index (Phi) is 36.0. The number of piperazine rings is 2. The second-order valence-corrected chi connectivity index (χ2v) is 30.8. The van der Waals surface area contributed by atoms with Crippen molar-refractivity contribution in [3.8, 4) is 0 Å². The molecule has 3 saturated heterocycles. The number of ether oxygens (including phenoxy) is 6. The number of nitrogens with zero attached hydrogens (tertiary/aromatic N) is 7. The zero-order chi connectivity index (χ0) is 59.5. The van der Waals surface area contributed by atoms with Gasteiger partial charge in [0.1, 0.15) is 0 Å². The van der Waals surface area contributed by atoms with Crippen molar-refractivity contribution in [2.45, 2.75) is 257 Å². The molecule has 0 amide bonds. The third-order valence-corrected chi connectivity index (χ3v) is 13.8. The highest BCUT2D eigenvalue weighted by atomic mass is 16.5. The molecule has 3 fully saturated rings. The average Bonchev–Trinajstić information content (AvgIpc) is 3.50. The van der Waals surface area contributed by atoms with E-state index in [0.29, 0.717) is 23.2 Å². The second kappa shape index (κ2) is 36.2. The molecule has 0 spiro atoms. The summed E-state index contributed by atoms with van der Waals surface area (Å²) < 4.78 is 34.4. The molecule has 77 heavy (non-hydrogen) atoms. The molecule has 0 radical (unpaired) electrons. The summed E-state index contributed by atoms with van der Waals surface area (Å²) in [6.07, 6.45) is 4.42. The summed E-state index contributed by atoms with van der Waals surface area (Å²) in [6, 6.07) is 1.23. The Morgan fingerprint density at radius 2 is 0.779 bits per heavy atom. The third-order valence-electron chi connectivity index (χ3n) is 13.8. The van der Waals surface area contributed by atoms with Crippen LogP contribution < -0.4 is 0 Å². The first-order valence-corrected chi connectivity index (χ1v) is 30.8. The van der Waals surface area contributed by atoms with Gasteiger partial charge < -0.3 is 33.3 Å². The summed E-state index contributed by atoms with van der Waals surface area (Å²) in [5, 5.41) is 0. The van der Waals surface area contributed by atoms with Crippen LogP contribution in [-0.4, -0.2) is 243 Å². The lowest BCUT2D eigenvalue weighted by Crippen LogP contribution is -2.61. The van der Waals surface area contributed by atoms with Crippen LogP contribution in [0.1, 0.15) is 206 Å². The predicted molar refractivity (Wildman–Crippen MR) is 332 cm³/mol. The number of rotatable bonds is 22. The van der Waals surface area contributed by atoms with Crippen molar-refractivity contribution in [2.24, 2.45) is 5.41 Å². The van der Waals surface area contributed by atoms with Crippen molar-refractivity contribution < 1.29 is 28.4 Å². The van der Waals surface area contributed by atoms with E-state index in [-0.39, 0.29) is 33.4 Å². The highest BCUT2D eigenvalue weighted by Crippen LogP contribution is 2.24. The van der Waals surface area contributed by atoms with Gasteiger partial charge in [0.15, 0.2) is 0 Å². The van der Waals surface area contributed by atoms with E-state index in [1.807, 2.05) is 0 Å². The van der Waals surface area contributed by atoms with Crippen molar-refractivity contribution in [1.29, 1.82) is 0 Å². The van der Waals surface area contributed by atoms with E-state index < -0.39 is 0 Å². The molecule has 3 heterocycles. The van der Waals surface area contributed by atoms with Crippen LogP contribution in [0.5, 0.6) is 0 Å². The molecule has 0 aromatic heterocycles. The van der Waals surface area contributed by atoms with Crippen LogP contribution >= 0.6 is 0 Å². The van der Waals surface area contributed by atoms with Gasteiger partial charge in [-0.2, -0.15) is 0 Å². The fraction of sp³-hybridized carbons (Fsp3) is 1.00. The van der Waals surface area contributed by atoms with Crippen LogP contribution in [0.3, 0.4) is 0 Å². The SMILES string of the molecule is CC(C)(C)OCCN1CCCN(C(C)(C)C)CC1.CC(C)(C)OCCN1CCN(C(C)(C)C)CC1.CC1CN(C(C)(C)C)C(C)CN1CCOC(C)(C)C.CN(CCCOCCCOCC(C)(C)C)CCCOC(C)(C)C. The summed E-state index contributed by atoms with van der Waals surface area (Å²) in [5.41, 5.74) is 1.07. The summed E-state index contributed by atoms with van der Waals surface area (Å²) in [4.78, 5) is 17.7. The van der Waals surface area contributed by atoms with Crippen LogP contribution in [0.2, 0.25) is 0 Å². The van der Waals surface area contributed by atoms with Gasteiger partial charge >= 0.3 is 0 Å². The Labute approximate surface area is 481 Å². The third kappa shape index (κ3) is 43.8. The van der Waals surface area contributed by atoms with Gasteiger partial charge in [0.05, 0.1) is 48.8 Å². The van der Waals surface area contributed by atoms with E-state index in [9.17, 15) is 0 Å². The normalized spacial score (nSPS) is 20.3. The maximum absolute atomic E-state index is 5.85. The first-order valence-electron chi connectivity index (χ1n) is 30.8. The minimum Gasteiger partial charge on any atom is -0.381 e. The molecule has 3 aliphatic rings. The summed E-state index contributed by atoms with van der Waals surface area (Å²) in [7, 11) is 2.16. The molecule has 13 nitrogen and oxygen atoms in total. The van der Waals surface area contributed by atoms with Gasteiger partial charge in [-0.1, -0.05) is 20.8 Å². The van der Waals surface area contributed by atoms with Gasteiger partial charge in [0, 0.05) is 140 Å². The fourth-order valence-electron chi connectivity index (χ4n) is 9.39. The maximum Gasteiger partial charge on any atom is 0.0600 e. The van der Waals surface area contributed by atoms with Crippen LogP contribution in [0.15, 0.2) is 0 Å². The molecular weight excluding hydrogens is 963 g/mol. The number of hydrogen-bond acceptors (Lipinski definition) is 13. The highest BCUT2D eigenvalue weighted by Gasteiger charge is 2.35. The van der Waals surface area contributed by atoms with Gasteiger partial charge in [-0.3, -0.25) is 29.4 Å². The Morgan fingerprint density at radius 3 is 1.21 bits per heavy atom. The lowest BCUT2D eigenvalue weighted by molar-refractivity contribution is -0.0466. The largest absolute Gasteiger partial charge is 0.381 e. The first-order chi connectivity index (χ1) is 35.0. The van der Waals surface area contributed by atoms with Crippen LogP contribution in [0.4, 0.5) is 0 Å². The molecule has 3 rings (SSSR count). The summed E-state index contributed by atoms with van der Waals surface area (Å²) >= 11 is 0. The molecule has 464 valence electrons. The van der Waals surface area contributed by atoms with Crippen molar-refractivity contribution >= 4 is 0 Å². The Morgan fingerprint density at radius 1 is 0.390 bits per heavy atom. The molecule has 3 aliphatic heterocycles. The molecule has 0 aromatic carbocycles. The van der Waals surface area contributed by atoms with Gasteiger partial charge in [-0.05, 0) is 210 Å². The standard InChI is InChI=1S/C19H41NO3.C16H34N2O.C15H32N2O.C14H30N2O/c1-18(2,3)17-22-15-10-14-21-13-8-11-20(7)12-9-16-23-19(4,5)6;1-13-12-18(15(3,4)5)14(2)11-17(13)9-10-19-16(6,7)8;1-14(2,3)17-9-7-8-16(10-11-17)12-13-18-15(4,5)6;1-13(2,3)16-9-7-15(8-10-16)11-12-17-14(4,5)6/h8-17H2,1-7H3;13-14H,9-12H2,1-8H3;7-13H2,1-6H3;7-12H2,1-6H3. The Bertz CT molecular complexity index is 1440. The molecule has 0 N–H and O–H groups in total. The molecule has 0 bridgehead atoms. The molecule has 2 unspecified atom stereocenters. The Hall–Kier alpha value is -0.520. The zero-order valence-electron chi connectivity index (χ0n) is 56.8. The molecular formula is C64H137N7O6. The van der Waals surface area contributed by atoms with E-state index in [4.69, 9.17) is 28.4 Å². The lowest BCUT2D eigenvalue weighted by Gasteiger charge is -2.50. The van der Waals surface area contributed by atoms with E-state index in [2.05, 4.69) is 221 Å². The first kappa shape index (κ1) is 76.5. The predicted octanol–water partition coefficient (Wildman–Crippen LogP) is 11.8. The molecule has 0 saturated carbocycles. The smallest absolute Gasteiger partial charge is 0.0600 e. The van der Waals surface area contributed by atoms with Crippen molar-refractivity contribution in [3.05, 3.63) is 0 Å². The average molecular weight is 1100 g/mol. The van der Waals surface area contributed by atoms with E-state index >= 15 is 0 Å². The quantitative estimate of drug-likeness (QED) is 0.0967. The van der Waals surface area contributed by atoms with Gasteiger partial charge in [0.25, 0.3) is 0 Å². The van der Waals surface area contributed by atoms with Gasteiger partial charge in [0.2, 0.25) is 0 Å². The van der Waals surface area contributed by atoms with Crippen LogP contribution in [0, 0.1) is 5.41 Å². The molecule has 2 atom stereocenters. The molecule has 0 aromatic rings. The summed E-state index contributed by atoms with van der Waals surface area (Å²) in [5.74, 6) is 0. The van der Waals surface area contributed by atoms with E-state index in [0.717, 1.165) is 118 Å². The fourth-order valence-corrected chi connectivity index (χ4v) is 9.39. The monoisotopic (exact) mass is 1100 g/mol. The van der Waals surface area contributed by atoms with Crippen molar-refractivity contribution in [1.82, 2.24) is 34.3 Å². The van der Waals surface area contributed by atoms with E-state index in [1.165, 1.54) is 58.8 Å². The molecule has 13 heteroatoms. The maximum atomic E-state index is 5.85. The highest BCUT2D eigenvalue weighted by molar-refractivity contribution is 4.91. The van der Waals surface area contributed by atoms with Gasteiger partial charge in [-0.15, -0.1) is 0 Å². The number of hydrogen-bond donors (Lipinski definition) is 0. The lowest BCUT2D eigenvalue weighted by atomic mass is 9.98. The van der Waals surface area contributed by atoms with E-state index in [1.54, 1.807) is 0 Å². The van der Waals surface area contributed by atoms with Crippen molar-refractivity contribution in [2.75, 3.05) is 158 Å². The Balaban J connectivity index is 0.00000101. The summed E-state index contributed by atoms with van der Waals surface area (Å²) in [6.45, 7) is 81.1. The molecule has 0 aliphatic carbocycles. The minimum absolute atomic E-state index is 0.00671. The minimum atomic E-state index is -0.0257. The van der Waals surface area contributed by atoms with Crippen molar-refractivity contribution in [3.63, 3.8) is 0 Å².